The molecule has 0 radical (unpaired) electrons. The Balaban J connectivity index is 1.29. The Hall–Kier alpha value is -3.45. The van der Waals surface area contributed by atoms with Crippen LogP contribution in [0.1, 0.15) is 34.5 Å². The number of carbonyl (C=O) groups is 1. The Bertz CT molecular complexity index is 1220. The normalized spacial score (nSPS) is 13.3. The molecule has 0 spiro atoms. The van der Waals surface area contributed by atoms with Crippen LogP contribution in [0.25, 0.3) is 11.1 Å². The zero-order chi connectivity index (χ0) is 21.2. The molecule has 1 amide bonds. The van der Waals surface area contributed by atoms with E-state index in [-0.39, 0.29) is 18.7 Å². The molecule has 0 saturated heterocycles. The smallest absolute Gasteiger partial charge is 0.257 e. The van der Waals surface area contributed by atoms with E-state index in [9.17, 15) is 4.79 Å². The molecule has 0 fully saturated rings. The molecule has 1 aliphatic rings. The SMILES string of the molecule is C[C@@H](NC(=O)c1ccccc1CSc1nc2ccccc2o1)c1ccc2c(c1)OCO2. The Morgan fingerprint density at radius 3 is 2.77 bits per heavy atom. The van der Waals surface area contributed by atoms with E-state index in [4.69, 9.17) is 13.9 Å². The van der Waals surface area contributed by atoms with Gasteiger partial charge in [-0.2, -0.15) is 0 Å². The fourth-order valence-corrected chi connectivity index (χ4v) is 4.30. The van der Waals surface area contributed by atoms with Crippen LogP contribution in [0.3, 0.4) is 0 Å². The average Bonchev–Trinajstić information content (AvgIpc) is 3.43. The van der Waals surface area contributed by atoms with Gasteiger partial charge in [0, 0.05) is 11.3 Å². The lowest BCUT2D eigenvalue weighted by molar-refractivity contribution is 0.0939. The van der Waals surface area contributed by atoms with E-state index in [1.165, 1.54) is 11.8 Å². The number of oxazole rings is 1. The van der Waals surface area contributed by atoms with Crippen LogP contribution in [0, 0.1) is 0 Å². The maximum Gasteiger partial charge on any atom is 0.257 e. The lowest BCUT2D eigenvalue weighted by atomic mass is 10.1. The highest BCUT2D eigenvalue weighted by molar-refractivity contribution is 7.98. The first kappa shape index (κ1) is 19.5. The highest BCUT2D eigenvalue weighted by Crippen LogP contribution is 2.34. The summed E-state index contributed by atoms with van der Waals surface area (Å²) in [5, 5.41) is 3.67. The molecular formula is C24H20N2O4S. The largest absolute Gasteiger partial charge is 0.454 e. The number of nitrogens with one attached hydrogen (secondary N) is 1. The molecule has 1 atom stereocenters. The fourth-order valence-electron chi connectivity index (χ4n) is 3.46. The molecule has 0 aliphatic carbocycles. The molecule has 2 heterocycles. The number of hydrogen-bond acceptors (Lipinski definition) is 6. The number of carbonyl (C=O) groups excluding carboxylic acids is 1. The number of rotatable bonds is 6. The van der Waals surface area contributed by atoms with Gasteiger partial charge in [-0.1, -0.05) is 48.2 Å². The van der Waals surface area contributed by atoms with Gasteiger partial charge in [0.1, 0.15) is 5.52 Å². The van der Waals surface area contributed by atoms with E-state index >= 15 is 0 Å². The minimum atomic E-state index is -0.181. The summed E-state index contributed by atoms with van der Waals surface area (Å²) in [7, 11) is 0. The minimum Gasteiger partial charge on any atom is -0.454 e. The molecular weight excluding hydrogens is 412 g/mol. The highest BCUT2D eigenvalue weighted by Gasteiger charge is 2.19. The Morgan fingerprint density at radius 2 is 1.87 bits per heavy atom. The van der Waals surface area contributed by atoms with Gasteiger partial charge in [-0.25, -0.2) is 4.98 Å². The predicted molar refractivity (Wildman–Crippen MR) is 118 cm³/mol. The predicted octanol–water partition coefficient (Wildman–Crippen LogP) is 5.34. The van der Waals surface area contributed by atoms with E-state index in [0.29, 0.717) is 22.3 Å². The zero-order valence-electron chi connectivity index (χ0n) is 16.8. The van der Waals surface area contributed by atoms with E-state index in [0.717, 1.165) is 28.0 Å². The van der Waals surface area contributed by atoms with Gasteiger partial charge in [0.2, 0.25) is 6.79 Å². The van der Waals surface area contributed by atoms with Gasteiger partial charge in [0.05, 0.1) is 6.04 Å². The van der Waals surface area contributed by atoms with Gasteiger partial charge in [0.25, 0.3) is 11.1 Å². The summed E-state index contributed by atoms with van der Waals surface area (Å²) in [5.74, 6) is 1.88. The van der Waals surface area contributed by atoms with Gasteiger partial charge in [0.15, 0.2) is 17.1 Å². The maximum absolute atomic E-state index is 13.0. The number of amides is 1. The lowest BCUT2D eigenvalue weighted by Crippen LogP contribution is -2.27. The third-order valence-corrected chi connectivity index (χ3v) is 6.01. The van der Waals surface area contributed by atoms with E-state index in [2.05, 4.69) is 10.3 Å². The van der Waals surface area contributed by atoms with Crippen LogP contribution < -0.4 is 14.8 Å². The van der Waals surface area contributed by atoms with Crippen LogP contribution in [0.4, 0.5) is 0 Å². The summed E-state index contributed by atoms with van der Waals surface area (Å²) in [6.07, 6.45) is 0. The van der Waals surface area contributed by atoms with Crippen molar-refractivity contribution in [3.05, 3.63) is 83.4 Å². The van der Waals surface area contributed by atoms with Gasteiger partial charge >= 0.3 is 0 Å². The van der Waals surface area contributed by atoms with Crippen molar-refractivity contribution in [3.63, 3.8) is 0 Å². The second-order valence-electron chi connectivity index (χ2n) is 7.20. The van der Waals surface area contributed by atoms with E-state index in [1.807, 2.05) is 73.7 Å². The highest BCUT2D eigenvalue weighted by atomic mass is 32.2. The van der Waals surface area contributed by atoms with Crippen molar-refractivity contribution in [1.82, 2.24) is 10.3 Å². The van der Waals surface area contributed by atoms with Gasteiger partial charge in [-0.05, 0) is 48.4 Å². The van der Waals surface area contributed by atoms with Crippen LogP contribution in [-0.4, -0.2) is 17.7 Å². The van der Waals surface area contributed by atoms with Crippen molar-refractivity contribution in [3.8, 4) is 11.5 Å². The molecule has 0 bridgehead atoms. The topological polar surface area (TPSA) is 73.6 Å². The van der Waals surface area contributed by atoms with E-state index < -0.39 is 0 Å². The molecule has 156 valence electrons. The molecule has 31 heavy (non-hydrogen) atoms. The molecule has 4 aromatic rings. The summed E-state index contributed by atoms with van der Waals surface area (Å²) in [4.78, 5) is 17.5. The molecule has 3 aromatic carbocycles. The number of ether oxygens (including phenoxy) is 2. The van der Waals surface area contributed by atoms with Crippen molar-refractivity contribution in [2.45, 2.75) is 23.9 Å². The number of para-hydroxylation sites is 2. The summed E-state index contributed by atoms with van der Waals surface area (Å²) in [6, 6.07) is 20.8. The number of nitrogens with zero attached hydrogens (tertiary/aromatic N) is 1. The molecule has 1 aromatic heterocycles. The number of aromatic nitrogens is 1. The molecule has 7 heteroatoms. The van der Waals surface area contributed by atoms with Crippen molar-refractivity contribution in [2.75, 3.05) is 6.79 Å². The summed E-state index contributed by atoms with van der Waals surface area (Å²) < 4.78 is 16.6. The Morgan fingerprint density at radius 1 is 1.06 bits per heavy atom. The second-order valence-corrected chi connectivity index (χ2v) is 8.13. The zero-order valence-corrected chi connectivity index (χ0v) is 17.6. The Kier molecular flexibility index (Phi) is 5.26. The lowest BCUT2D eigenvalue weighted by Gasteiger charge is -2.16. The first-order valence-electron chi connectivity index (χ1n) is 9.94. The van der Waals surface area contributed by atoms with Gasteiger partial charge < -0.3 is 19.2 Å². The van der Waals surface area contributed by atoms with Gasteiger partial charge in [-0.3, -0.25) is 4.79 Å². The fraction of sp³-hybridized carbons (Fsp3) is 0.167. The molecule has 5 rings (SSSR count). The van der Waals surface area contributed by atoms with Crippen molar-refractivity contribution >= 4 is 28.8 Å². The van der Waals surface area contributed by atoms with Crippen LogP contribution in [0.15, 0.2) is 76.4 Å². The molecule has 1 aliphatic heterocycles. The first-order chi connectivity index (χ1) is 15.2. The van der Waals surface area contributed by atoms with E-state index in [1.54, 1.807) is 0 Å². The molecule has 0 unspecified atom stereocenters. The quantitative estimate of drug-likeness (QED) is 0.415. The summed E-state index contributed by atoms with van der Waals surface area (Å²) in [5.41, 5.74) is 4.10. The molecule has 6 nitrogen and oxygen atoms in total. The maximum atomic E-state index is 13.0. The van der Waals surface area contributed by atoms with Crippen LogP contribution in [0.2, 0.25) is 0 Å². The third kappa shape index (κ3) is 4.09. The number of thioether (sulfide) groups is 1. The Labute approximate surface area is 183 Å². The number of fused-ring (bicyclic) bond motifs is 2. The standard InChI is InChI=1S/C24H20N2O4S/c1-15(16-10-11-21-22(12-16)29-14-28-21)25-23(27)18-7-3-2-6-17(18)13-31-24-26-19-8-4-5-9-20(19)30-24/h2-12,15H,13-14H2,1H3,(H,25,27)/t15-/m1/s1. The number of benzene rings is 3. The van der Waals surface area contributed by atoms with Crippen LogP contribution in [-0.2, 0) is 5.75 Å². The molecule has 0 saturated carbocycles. The van der Waals surface area contributed by atoms with Crippen molar-refractivity contribution in [2.24, 2.45) is 0 Å². The van der Waals surface area contributed by atoms with Gasteiger partial charge in [-0.15, -0.1) is 0 Å². The average molecular weight is 433 g/mol. The molecule has 1 N–H and O–H groups in total. The van der Waals surface area contributed by atoms with Crippen LogP contribution >= 0.6 is 11.8 Å². The van der Waals surface area contributed by atoms with Crippen molar-refractivity contribution in [1.29, 1.82) is 0 Å². The van der Waals surface area contributed by atoms with Crippen molar-refractivity contribution < 1.29 is 18.7 Å². The second kappa shape index (κ2) is 8.35. The minimum absolute atomic E-state index is 0.126. The monoisotopic (exact) mass is 432 g/mol. The number of hydrogen-bond donors (Lipinski definition) is 1. The van der Waals surface area contributed by atoms with Crippen LogP contribution in [0.5, 0.6) is 11.5 Å². The first-order valence-corrected chi connectivity index (χ1v) is 10.9. The summed E-state index contributed by atoms with van der Waals surface area (Å²) in [6.45, 7) is 2.18. The third-order valence-electron chi connectivity index (χ3n) is 5.13. The summed E-state index contributed by atoms with van der Waals surface area (Å²) >= 11 is 1.47.